The molecule has 0 bridgehead atoms. The van der Waals surface area contributed by atoms with Crippen LogP contribution in [0.4, 0.5) is 4.39 Å². The van der Waals surface area contributed by atoms with Crippen molar-refractivity contribution in [2.45, 2.75) is 30.5 Å². The lowest BCUT2D eigenvalue weighted by molar-refractivity contribution is 0.0595. The van der Waals surface area contributed by atoms with Gasteiger partial charge in [0.2, 0.25) is 0 Å². The Labute approximate surface area is 119 Å². The number of halogens is 1. The zero-order chi connectivity index (χ0) is 14.7. The van der Waals surface area contributed by atoms with Gasteiger partial charge >= 0.3 is 5.97 Å². The molecule has 3 atom stereocenters. The molecule has 20 heavy (non-hydrogen) atoms. The van der Waals surface area contributed by atoms with Gasteiger partial charge in [-0.15, -0.1) is 0 Å². The number of hydrogen-bond donors (Lipinski definition) is 0. The van der Waals surface area contributed by atoms with Crippen molar-refractivity contribution in [2.24, 2.45) is 0 Å². The largest absolute Gasteiger partial charge is 0.465 e. The number of carbonyl (C=O) groups is 1. The van der Waals surface area contributed by atoms with Gasteiger partial charge in [-0.25, -0.2) is 9.18 Å². The summed E-state index contributed by atoms with van der Waals surface area (Å²) in [6, 6.07) is 4.21. The minimum absolute atomic E-state index is 0.0154. The topological polar surface area (TPSA) is 52.6 Å². The van der Waals surface area contributed by atoms with Crippen LogP contribution in [0.1, 0.15) is 29.3 Å². The Morgan fingerprint density at radius 1 is 1.55 bits per heavy atom. The van der Waals surface area contributed by atoms with Crippen LogP contribution in [-0.4, -0.2) is 35.2 Å². The highest BCUT2D eigenvalue weighted by molar-refractivity contribution is 7.84. The number of benzene rings is 1. The minimum Gasteiger partial charge on any atom is -0.465 e. The van der Waals surface area contributed by atoms with Crippen molar-refractivity contribution in [3.8, 4) is 0 Å². The SMILES string of the molecule is COC(=O)c1ccc(CS(=O)C2CCOC2C)cc1F. The molecule has 1 saturated heterocycles. The highest BCUT2D eigenvalue weighted by atomic mass is 32.2. The third kappa shape index (κ3) is 3.24. The maximum atomic E-state index is 13.8. The molecule has 0 amide bonds. The van der Waals surface area contributed by atoms with E-state index in [1.54, 1.807) is 6.07 Å². The fourth-order valence-corrected chi connectivity index (χ4v) is 3.84. The monoisotopic (exact) mass is 300 g/mol. The predicted octanol–water partition coefficient (Wildman–Crippen LogP) is 2.04. The van der Waals surface area contributed by atoms with E-state index in [-0.39, 0.29) is 22.7 Å². The van der Waals surface area contributed by atoms with Crippen LogP contribution >= 0.6 is 0 Å². The molecule has 6 heteroatoms. The summed E-state index contributed by atoms with van der Waals surface area (Å²) in [5, 5.41) is -0.0154. The van der Waals surface area contributed by atoms with E-state index in [4.69, 9.17) is 4.74 Å². The Morgan fingerprint density at radius 2 is 2.30 bits per heavy atom. The first kappa shape index (κ1) is 15.1. The predicted molar refractivity (Wildman–Crippen MR) is 73.4 cm³/mol. The maximum Gasteiger partial charge on any atom is 0.340 e. The van der Waals surface area contributed by atoms with Gasteiger partial charge in [-0.2, -0.15) is 0 Å². The number of hydrogen-bond acceptors (Lipinski definition) is 4. The molecule has 2 rings (SSSR count). The summed E-state index contributed by atoms with van der Waals surface area (Å²) in [6.45, 7) is 2.52. The molecule has 1 aliphatic heterocycles. The average Bonchev–Trinajstić information content (AvgIpc) is 2.84. The van der Waals surface area contributed by atoms with Crippen LogP contribution in [0.15, 0.2) is 18.2 Å². The lowest BCUT2D eigenvalue weighted by atomic mass is 10.1. The smallest absolute Gasteiger partial charge is 0.340 e. The molecule has 0 radical (unpaired) electrons. The number of carbonyl (C=O) groups excluding carboxylic acids is 1. The number of esters is 1. The van der Waals surface area contributed by atoms with Crippen LogP contribution in [0.25, 0.3) is 0 Å². The van der Waals surface area contributed by atoms with Crippen LogP contribution in [0.2, 0.25) is 0 Å². The summed E-state index contributed by atoms with van der Waals surface area (Å²) in [5.74, 6) is -1.11. The third-order valence-electron chi connectivity index (χ3n) is 3.39. The third-order valence-corrected chi connectivity index (χ3v) is 5.30. The molecule has 4 nitrogen and oxygen atoms in total. The first-order chi connectivity index (χ1) is 9.52. The Kier molecular flexibility index (Phi) is 4.88. The fourth-order valence-electron chi connectivity index (χ4n) is 2.25. The summed E-state index contributed by atoms with van der Waals surface area (Å²) in [7, 11) is 0.0890. The van der Waals surface area contributed by atoms with Crippen LogP contribution in [0, 0.1) is 5.82 Å². The van der Waals surface area contributed by atoms with Gasteiger partial charge in [-0.1, -0.05) is 6.07 Å². The molecule has 1 aromatic rings. The molecule has 0 saturated carbocycles. The Bertz CT molecular complexity index is 532. The van der Waals surface area contributed by atoms with Gasteiger partial charge in [0.1, 0.15) is 5.82 Å². The zero-order valence-corrected chi connectivity index (χ0v) is 12.2. The molecule has 0 N–H and O–H groups in total. The normalized spacial score (nSPS) is 23.6. The van der Waals surface area contributed by atoms with Crippen molar-refractivity contribution >= 4 is 16.8 Å². The minimum atomic E-state index is -1.11. The van der Waals surface area contributed by atoms with Gasteiger partial charge < -0.3 is 9.47 Å². The zero-order valence-electron chi connectivity index (χ0n) is 11.4. The van der Waals surface area contributed by atoms with Gasteiger partial charge in [-0.3, -0.25) is 4.21 Å². The molecule has 0 aliphatic carbocycles. The van der Waals surface area contributed by atoms with Crippen molar-refractivity contribution in [3.05, 3.63) is 35.1 Å². The number of rotatable bonds is 4. The van der Waals surface area contributed by atoms with E-state index in [0.717, 1.165) is 6.42 Å². The van der Waals surface area contributed by atoms with E-state index in [0.29, 0.717) is 12.2 Å². The van der Waals surface area contributed by atoms with E-state index in [9.17, 15) is 13.4 Å². The average molecular weight is 300 g/mol. The number of ether oxygens (including phenoxy) is 2. The molecule has 1 aromatic carbocycles. The first-order valence-corrected chi connectivity index (χ1v) is 7.76. The van der Waals surface area contributed by atoms with E-state index < -0.39 is 22.6 Å². The van der Waals surface area contributed by atoms with Gasteiger partial charge in [-0.05, 0) is 31.0 Å². The van der Waals surface area contributed by atoms with E-state index in [2.05, 4.69) is 4.74 Å². The molecule has 1 fully saturated rings. The van der Waals surface area contributed by atoms with E-state index >= 15 is 0 Å². The second-order valence-corrected chi connectivity index (χ2v) is 6.39. The second kappa shape index (κ2) is 6.45. The summed E-state index contributed by atoms with van der Waals surface area (Å²) < 4.78 is 35.9. The molecule has 1 heterocycles. The van der Waals surface area contributed by atoms with Gasteiger partial charge in [0.25, 0.3) is 0 Å². The van der Waals surface area contributed by atoms with Crippen molar-refractivity contribution in [3.63, 3.8) is 0 Å². The van der Waals surface area contributed by atoms with Crippen molar-refractivity contribution in [1.82, 2.24) is 0 Å². The molecule has 1 aliphatic rings. The summed E-state index contributed by atoms with van der Waals surface area (Å²) in [6.07, 6.45) is 0.728. The van der Waals surface area contributed by atoms with Crippen molar-refractivity contribution in [1.29, 1.82) is 0 Å². The lowest BCUT2D eigenvalue weighted by Gasteiger charge is -2.13. The maximum absolute atomic E-state index is 13.8. The van der Waals surface area contributed by atoms with Gasteiger partial charge in [0.15, 0.2) is 0 Å². The van der Waals surface area contributed by atoms with Crippen molar-refractivity contribution in [2.75, 3.05) is 13.7 Å². The second-order valence-electron chi connectivity index (χ2n) is 4.73. The molecule has 0 aromatic heterocycles. The molecular formula is C14H17FO4S. The Hall–Kier alpha value is -1.27. The van der Waals surface area contributed by atoms with Gasteiger partial charge in [0, 0.05) is 23.2 Å². The van der Waals surface area contributed by atoms with E-state index in [1.165, 1.54) is 19.2 Å². The lowest BCUT2D eigenvalue weighted by Crippen LogP contribution is -2.24. The number of methoxy groups -OCH3 is 1. The van der Waals surface area contributed by atoms with Crippen LogP contribution in [0.5, 0.6) is 0 Å². The Morgan fingerprint density at radius 3 is 2.85 bits per heavy atom. The molecule has 0 spiro atoms. The molecule has 110 valence electrons. The quantitative estimate of drug-likeness (QED) is 0.799. The first-order valence-electron chi connectivity index (χ1n) is 6.38. The fraction of sp³-hybridized carbons (Fsp3) is 0.500. The summed E-state index contributed by atoms with van der Waals surface area (Å²) in [4.78, 5) is 11.3. The highest BCUT2D eigenvalue weighted by Gasteiger charge is 2.29. The van der Waals surface area contributed by atoms with Crippen molar-refractivity contribution < 1.29 is 22.9 Å². The summed E-state index contributed by atoms with van der Waals surface area (Å²) >= 11 is 0. The standard InChI is InChI=1S/C14H17FO4S/c1-9-13(5-6-19-9)20(17)8-10-3-4-11(12(15)7-10)14(16)18-2/h3-4,7,9,13H,5-6,8H2,1-2H3. The Balaban J connectivity index is 2.08. The molecule has 3 unspecified atom stereocenters. The summed E-state index contributed by atoms with van der Waals surface area (Å²) in [5.41, 5.74) is 0.493. The van der Waals surface area contributed by atoms with Gasteiger partial charge in [0.05, 0.1) is 24.0 Å². The van der Waals surface area contributed by atoms with Crippen LogP contribution in [0.3, 0.4) is 0 Å². The van der Waals surface area contributed by atoms with Crippen LogP contribution in [-0.2, 0) is 26.0 Å². The van der Waals surface area contributed by atoms with Crippen LogP contribution < -0.4 is 0 Å². The molecular weight excluding hydrogens is 283 g/mol. The van der Waals surface area contributed by atoms with E-state index in [1.807, 2.05) is 6.92 Å². The highest BCUT2D eigenvalue weighted by Crippen LogP contribution is 2.22.